The molecule has 0 heterocycles. The van der Waals surface area contributed by atoms with E-state index >= 15 is 0 Å². The summed E-state index contributed by atoms with van der Waals surface area (Å²) >= 11 is 2.95. The first kappa shape index (κ1) is 16.7. The van der Waals surface area contributed by atoms with Crippen molar-refractivity contribution in [2.24, 2.45) is 0 Å². The molecule has 0 N–H and O–H groups in total. The van der Waals surface area contributed by atoms with Crippen LogP contribution >= 0.6 is 15.9 Å². The van der Waals surface area contributed by atoms with Crippen LogP contribution in [-0.2, 0) is 6.61 Å². The van der Waals surface area contributed by atoms with Gasteiger partial charge in [0.05, 0.1) is 0 Å². The molecule has 3 aromatic carbocycles. The maximum Gasteiger partial charge on any atom is 0.195 e. The van der Waals surface area contributed by atoms with Gasteiger partial charge in [0.1, 0.15) is 6.61 Å². The highest BCUT2D eigenvalue weighted by atomic mass is 79.9. The summed E-state index contributed by atoms with van der Waals surface area (Å²) in [6, 6.07) is 6.95. The molecule has 0 amide bonds. The quantitative estimate of drug-likeness (QED) is 0.392. The Labute approximate surface area is 141 Å². The van der Waals surface area contributed by atoms with Gasteiger partial charge >= 0.3 is 0 Å². The Kier molecular flexibility index (Phi) is 4.45. The van der Waals surface area contributed by atoms with E-state index in [-0.39, 0.29) is 21.9 Å². The predicted octanol–water partition coefficient (Wildman–Crippen LogP) is 5.88. The Hall–Kier alpha value is -2.15. The number of fused-ring (bicyclic) bond motifs is 1. The second-order valence-corrected chi connectivity index (χ2v) is 5.94. The largest absolute Gasteiger partial charge is 0.483 e. The number of hydrogen-bond donors (Lipinski definition) is 0. The van der Waals surface area contributed by atoms with Crippen molar-refractivity contribution in [2.45, 2.75) is 6.61 Å². The third kappa shape index (κ3) is 3.08. The molecule has 0 bridgehead atoms. The SMILES string of the molecule is Fc1cc2cc(COc3c(F)cc(Br)cc3F)ccc2c(F)c1F. The molecule has 3 rings (SSSR count). The van der Waals surface area contributed by atoms with Gasteiger partial charge in [-0.1, -0.05) is 28.1 Å². The highest BCUT2D eigenvalue weighted by Crippen LogP contribution is 2.28. The molecule has 0 aliphatic rings. The Balaban J connectivity index is 1.90. The third-order valence-electron chi connectivity index (χ3n) is 3.38. The Morgan fingerprint density at radius 2 is 1.46 bits per heavy atom. The minimum absolute atomic E-state index is 0.0985. The van der Waals surface area contributed by atoms with Gasteiger partial charge in [-0.3, -0.25) is 0 Å². The molecule has 24 heavy (non-hydrogen) atoms. The highest BCUT2D eigenvalue weighted by Gasteiger charge is 2.15. The van der Waals surface area contributed by atoms with E-state index in [4.69, 9.17) is 4.74 Å². The monoisotopic (exact) mass is 402 g/mol. The summed E-state index contributed by atoms with van der Waals surface area (Å²) in [5.74, 6) is -6.49. The molecule has 3 aromatic rings. The molecule has 7 heteroatoms. The van der Waals surface area contributed by atoms with E-state index < -0.39 is 34.8 Å². The number of benzene rings is 3. The van der Waals surface area contributed by atoms with Gasteiger partial charge in [0.2, 0.25) is 0 Å². The van der Waals surface area contributed by atoms with Crippen molar-refractivity contribution in [2.75, 3.05) is 0 Å². The van der Waals surface area contributed by atoms with Crippen LogP contribution in [0.2, 0.25) is 0 Å². The van der Waals surface area contributed by atoms with Crippen LogP contribution in [0.1, 0.15) is 5.56 Å². The van der Waals surface area contributed by atoms with Gasteiger partial charge in [-0.05, 0) is 35.2 Å². The van der Waals surface area contributed by atoms with E-state index in [0.717, 1.165) is 18.2 Å². The zero-order valence-electron chi connectivity index (χ0n) is 11.8. The molecule has 0 fully saturated rings. The lowest BCUT2D eigenvalue weighted by atomic mass is 10.1. The molecular formula is C17H8BrF5O. The van der Waals surface area contributed by atoms with Crippen molar-refractivity contribution in [3.63, 3.8) is 0 Å². The van der Waals surface area contributed by atoms with Gasteiger partial charge in [-0.25, -0.2) is 22.0 Å². The van der Waals surface area contributed by atoms with Crippen LogP contribution in [-0.4, -0.2) is 0 Å². The molecule has 0 atom stereocenters. The van der Waals surface area contributed by atoms with Crippen molar-refractivity contribution < 1.29 is 26.7 Å². The van der Waals surface area contributed by atoms with Crippen LogP contribution in [0.25, 0.3) is 10.8 Å². The number of ether oxygens (including phenoxy) is 1. The average Bonchev–Trinajstić information content (AvgIpc) is 2.51. The topological polar surface area (TPSA) is 9.23 Å². The predicted molar refractivity (Wildman–Crippen MR) is 82.2 cm³/mol. The van der Waals surface area contributed by atoms with Crippen LogP contribution in [0.4, 0.5) is 22.0 Å². The van der Waals surface area contributed by atoms with E-state index in [1.54, 1.807) is 0 Å². The molecule has 0 aromatic heterocycles. The molecule has 0 aliphatic carbocycles. The maximum atomic E-state index is 13.7. The van der Waals surface area contributed by atoms with Crippen LogP contribution < -0.4 is 4.74 Å². The van der Waals surface area contributed by atoms with Crippen LogP contribution in [0.5, 0.6) is 5.75 Å². The summed E-state index contributed by atoms with van der Waals surface area (Å²) in [4.78, 5) is 0. The van der Waals surface area contributed by atoms with E-state index in [1.165, 1.54) is 18.2 Å². The summed E-state index contributed by atoms with van der Waals surface area (Å²) in [5.41, 5.74) is 0.412. The van der Waals surface area contributed by atoms with Crippen molar-refractivity contribution in [3.05, 3.63) is 75.5 Å². The normalized spacial score (nSPS) is 11.1. The van der Waals surface area contributed by atoms with Gasteiger partial charge in [0.15, 0.2) is 34.8 Å². The highest BCUT2D eigenvalue weighted by molar-refractivity contribution is 9.10. The lowest BCUT2D eigenvalue weighted by Gasteiger charge is -2.10. The van der Waals surface area contributed by atoms with E-state index in [9.17, 15) is 22.0 Å². The minimum Gasteiger partial charge on any atom is -0.483 e. The molecule has 124 valence electrons. The summed E-state index contributed by atoms with van der Waals surface area (Å²) in [6.07, 6.45) is 0. The van der Waals surface area contributed by atoms with Gasteiger partial charge < -0.3 is 4.74 Å². The summed E-state index contributed by atoms with van der Waals surface area (Å²) in [7, 11) is 0. The maximum absolute atomic E-state index is 13.7. The van der Waals surface area contributed by atoms with Gasteiger partial charge in [0.25, 0.3) is 0 Å². The lowest BCUT2D eigenvalue weighted by molar-refractivity contribution is 0.274. The second-order valence-electron chi connectivity index (χ2n) is 5.03. The average molecular weight is 403 g/mol. The molecule has 0 aliphatic heterocycles. The van der Waals surface area contributed by atoms with Crippen LogP contribution in [0.3, 0.4) is 0 Å². The Morgan fingerprint density at radius 1 is 0.792 bits per heavy atom. The first-order chi connectivity index (χ1) is 11.4. The Morgan fingerprint density at radius 3 is 2.12 bits per heavy atom. The van der Waals surface area contributed by atoms with Crippen molar-refractivity contribution >= 4 is 26.7 Å². The smallest absolute Gasteiger partial charge is 0.195 e. The molecule has 0 saturated heterocycles. The first-order valence-electron chi connectivity index (χ1n) is 6.70. The molecule has 0 unspecified atom stereocenters. The first-order valence-corrected chi connectivity index (χ1v) is 7.49. The lowest BCUT2D eigenvalue weighted by Crippen LogP contribution is -2.01. The van der Waals surface area contributed by atoms with E-state index in [2.05, 4.69) is 15.9 Å². The second kappa shape index (κ2) is 6.39. The van der Waals surface area contributed by atoms with E-state index in [1.807, 2.05) is 0 Å². The van der Waals surface area contributed by atoms with Crippen molar-refractivity contribution in [3.8, 4) is 5.75 Å². The number of halogens is 6. The number of hydrogen-bond acceptors (Lipinski definition) is 1. The molecule has 1 nitrogen and oxygen atoms in total. The van der Waals surface area contributed by atoms with Crippen LogP contribution in [0.15, 0.2) is 40.9 Å². The van der Waals surface area contributed by atoms with E-state index in [0.29, 0.717) is 5.56 Å². The van der Waals surface area contributed by atoms with Gasteiger partial charge in [0, 0.05) is 9.86 Å². The summed E-state index contributed by atoms with van der Waals surface area (Å²) < 4.78 is 72.8. The zero-order valence-corrected chi connectivity index (χ0v) is 13.4. The third-order valence-corrected chi connectivity index (χ3v) is 3.84. The number of rotatable bonds is 3. The molecule has 0 radical (unpaired) electrons. The summed E-state index contributed by atoms with van der Waals surface area (Å²) in [5, 5.41) is 0.0166. The molecular weight excluding hydrogens is 395 g/mol. The fourth-order valence-corrected chi connectivity index (χ4v) is 2.67. The zero-order chi connectivity index (χ0) is 17.4. The molecule has 0 saturated carbocycles. The molecule has 0 spiro atoms. The van der Waals surface area contributed by atoms with Gasteiger partial charge in [-0.2, -0.15) is 0 Å². The summed E-state index contributed by atoms with van der Waals surface area (Å²) in [6.45, 7) is -0.230. The fourth-order valence-electron chi connectivity index (χ4n) is 2.27. The standard InChI is InChI=1S/C17H8BrF5O/c18-10-5-13(20)17(14(21)6-10)24-7-8-1-2-11-9(3-8)4-12(19)16(23)15(11)22/h1-6H,7H2. The fraction of sp³-hybridized carbons (Fsp3) is 0.0588. The van der Waals surface area contributed by atoms with Crippen molar-refractivity contribution in [1.29, 1.82) is 0 Å². The van der Waals surface area contributed by atoms with Crippen LogP contribution in [0, 0.1) is 29.1 Å². The Bertz CT molecular complexity index is 919. The van der Waals surface area contributed by atoms with Gasteiger partial charge in [-0.15, -0.1) is 0 Å². The van der Waals surface area contributed by atoms with Crippen molar-refractivity contribution in [1.82, 2.24) is 0 Å². The minimum atomic E-state index is -1.55.